The van der Waals surface area contributed by atoms with Gasteiger partial charge < -0.3 is 10.7 Å². The minimum Gasteiger partial charge on any atom is -0.382 e. The quantitative estimate of drug-likeness (QED) is 0.588. The first-order valence-corrected chi connectivity index (χ1v) is 7.77. The monoisotopic (exact) mass is 315 g/mol. The van der Waals surface area contributed by atoms with E-state index in [1.54, 1.807) is 6.20 Å². The van der Waals surface area contributed by atoms with Crippen molar-refractivity contribution in [2.75, 3.05) is 5.73 Å². The molecule has 0 aliphatic rings. The van der Waals surface area contributed by atoms with Crippen molar-refractivity contribution in [2.45, 2.75) is 13.8 Å². The number of aromatic nitrogens is 4. The summed E-state index contributed by atoms with van der Waals surface area (Å²) in [5, 5.41) is 0. The number of aromatic amines is 1. The predicted molar refractivity (Wildman–Crippen MR) is 96.4 cm³/mol. The van der Waals surface area contributed by atoms with Gasteiger partial charge in [0.05, 0.1) is 22.9 Å². The third-order valence-corrected chi connectivity index (χ3v) is 4.09. The van der Waals surface area contributed by atoms with E-state index in [-0.39, 0.29) is 0 Å². The van der Waals surface area contributed by atoms with Gasteiger partial charge in [-0.15, -0.1) is 0 Å². The lowest BCUT2D eigenvalue weighted by Crippen LogP contribution is -2.00. The van der Waals surface area contributed by atoms with Crippen molar-refractivity contribution < 1.29 is 0 Å². The number of fused-ring (bicyclic) bond motifs is 1. The van der Waals surface area contributed by atoms with Crippen molar-refractivity contribution in [1.29, 1.82) is 0 Å². The molecule has 4 aromatic rings. The number of anilines is 1. The molecule has 0 fully saturated rings. The van der Waals surface area contributed by atoms with E-state index >= 15 is 0 Å². The maximum absolute atomic E-state index is 6.05. The minimum absolute atomic E-state index is 0.363. The van der Waals surface area contributed by atoms with Crippen LogP contribution in [0, 0.1) is 13.8 Å². The Labute approximate surface area is 139 Å². The fourth-order valence-electron chi connectivity index (χ4n) is 2.72. The van der Waals surface area contributed by atoms with E-state index in [0.717, 1.165) is 27.9 Å². The Bertz CT molecular complexity index is 1030. The van der Waals surface area contributed by atoms with Gasteiger partial charge in [-0.1, -0.05) is 42.0 Å². The summed E-state index contributed by atoms with van der Waals surface area (Å²) in [6.07, 6.45) is 1.69. The van der Waals surface area contributed by atoms with E-state index in [2.05, 4.69) is 39.0 Å². The molecule has 0 saturated heterocycles. The van der Waals surface area contributed by atoms with Crippen molar-refractivity contribution in [3.8, 4) is 22.8 Å². The second-order valence-electron chi connectivity index (χ2n) is 5.91. The summed E-state index contributed by atoms with van der Waals surface area (Å²) in [6.45, 7) is 4.09. The predicted octanol–water partition coefficient (Wildman–Crippen LogP) is 3.89. The summed E-state index contributed by atoms with van der Waals surface area (Å²) in [6, 6.07) is 14.2. The Morgan fingerprint density at radius 3 is 2.50 bits per heavy atom. The average molecular weight is 315 g/mol. The van der Waals surface area contributed by atoms with Gasteiger partial charge in [0.25, 0.3) is 0 Å². The Kier molecular flexibility index (Phi) is 3.27. The Morgan fingerprint density at radius 1 is 0.958 bits per heavy atom. The molecule has 5 nitrogen and oxygen atoms in total. The molecule has 0 amide bonds. The first-order valence-electron chi connectivity index (χ1n) is 7.77. The van der Waals surface area contributed by atoms with Gasteiger partial charge in [0.1, 0.15) is 5.69 Å². The third kappa shape index (κ3) is 2.40. The fourth-order valence-corrected chi connectivity index (χ4v) is 2.72. The van der Waals surface area contributed by atoms with E-state index in [9.17, 15) is 0 Å². The number of nitrogens with zero attached hydrogens (tertiary/aromatic N) is 3. The van der Waals surface area contributed by atoms with Crippen LogP contribution in [0.15, 0.2) is 48.7 Å². The molecule has 0 bridgehead atoms. The summed E-state index contributed by atoms with van der Waals surface area (Å²) in [7, 11) is 0. The number of nitrogens with two attached hydrogens (primary N) is 1. The van der Waals surface area contributed by atoms with Crippen molar-refractivity contribution >= 4 is 16.9 Å². The van der Waals surface area contributed by atoms with Crippen LogP contribution >= 0.6 is 0 Å². The first kappa shape index (κ1) is 14.4. The number of benzene rings is 2. The molecular weight excluding hydrogens is 298 g/mol. The molecule has 0 unspecified atom stereocenters. The molecule has 0 aliphatic heterocycles. The van der Waals surface area contributed by atoms with Gasteiger partial charge in [0, 0.05) is 5.56 Å². The number of para-hydroxylation sites is 1. The van der Waals surface area contributed by atoms with Crippen LogP contribution < -0.4 is 5.73 Å². The zero-order valence-corrected chi connectivity index (χ0v) is 13.5. The lowest BCUT2D eigenvalue weighted by atomic mass is 10.1. The van der Waals surface area contributed by atoms with Crippen LogP contribution in [-0.2, 0) is 0 Å². The van der Waals surface area contributed by atoms with Crippen LogP contribution in [0.2, 0.25) is 0 Å². The molecule has 5 heteroatoms. The Balaban J connectivity index is 1.86. The molecule has 0 radical (unpaired) electrons. The van der Waals surface area contributed by atoms with Gasteiger partial charge in [-0.2, -0.15) is 0 Å². The molecule has 3 N–H and O–H groups in total. The highest BCUT2D eigenvalue weighted by Gasteiger charge is 2.13. The summed E-state index contributed by atoms with van der Waals surface area (Å²) >= 11 is 0. The Hall–Kier alpha value is -3.21. The highest BCUT2D eigenvalue weighted by Crippen LogP contribution is 2.27. The largest absolute Gasteiger partial charge is 0.382 e. The topological polar surface area (TPSA) is 80.5 Å². The number of imidazole rings is 1. The molecule has 0 spiro atoms. The number of rotatable bonds is 2. The molecule has 2 aromatic heterocycles. The second-order valence-corrected chi connectivity index (χ2v) is 5.91. The second kappa shape index (κ2) is 5.45. The lowest BCUT2D eigenvalue weighted by molar-refractivity contribution is 1.18. The maximum Gasteiger partial charge on any atom is 0.161 e. The van der Waals surface area contributed by atoms with Gasteiger partial charge in [-0.3, -0.25) is 0 Å². The summed E-state index contributed by atoms with van der Waals surface area (Å²) in [5.74, 6) is 1.00. The van der Waals surface area contributed by atoms with Crippen LogP contribution in [0.5, 0.6) is 0 Å². The number of aryl methyl sites for hydroxylation is 2. The number of nitrogen functional groups attached to an aromatic ring is 1. The summed E-state index contributed by atoms with van der Waals surface area (Å²) < 4.78 is 0. The van der Waals surface area contributed by atoms with E-state index < -0.39 is 0 Å². The highest BCUT2D eigenvalue weighted by molar-refractivity contribution is 5.83. The molecule has 0 aliphatic carbocycles. The Morgan fingerprint density at radius 2 is 1.75 bits per heavy atom. The molecule has 118 valence electrons. The molecule has 0 saturated carbocycles. The van der Waals surface area contributed by atoms with Crippen LogP contribution in [0.25, 0.3) is 33.8 Å². The van der Waals surface area contributed by atoms with E-state index in [1.807, 2.05) is 37.3 Å². The standard InChI is InChI=1S/C19H17N5/c1-11-6-8-13(9-7-11)15-10-21-18(20)17(22-15)19-23-14-5-3-4-12(2)16(14)24-19/h3-10H,1-2H3,(H2,20,21)(H,23,24). The van der Waals surface area contributed by atoms with E-state index in [4.69, 9.17) is 5.73 Å². The number of nitrogens with one attached hydrogen (secondary N) is 1. The zero-order chi connectivity index (χ0) is 16.7. The minimum atomic E-state index is 0.363. The van der Waals surface area contributed by atoms with Crippen LogP contribution in [-0.4, -0.2) is 19.9 Å². The first-order chi connectivity index (χ1) is 11.6. The van der Waals surface area contributed by atoms with Gasteiger partial charge in [-0.25, -0.2) is 15.0 Å². The number of hydrogen-bond acceptors (Lipinski definition) is 4. The van der Waals surface area contributed by atoms with Gasteiger partial charge in [0.2, 0.25) is 0 Å². The van der Waals surface area contributed by atoms with E-state index in [1.165, 1.54) is 5.56 Å². The summed E-state index contributed by atoms with van der Waals surface area (Å²) in [5.41, 5.74) is 12.6. The SMILES string of the molecule is Cc1ccc(-c2cnc(N)c(-c3nc4c(C)cccc4[nH]3)n2)cc1. The molecule has 2 heterocycles. The third-order valence-electron chi connectivity index (χ3n) is 4.09. The summed E-state index contributed by atoms with van der Waals surface area (Å²) in [4.78, 5) is 16.9. The van der Waals surface area contributed by atoms with Crippen LogP contribution in [0.4, 0.5) is 5.82 Å². The van der Waals surface area contributed by atoms with Crippen LogP contribution in [0.3, 0.4) is 0 Å². The molecule has 24 heavy (non-hydrogen) atoms. The van der Waals surface area contributed by atoms with Crippen molar-refractivity contribution in [3.05, 3.63) is 59.8 Å². The van der Waals surface area contributed by atoms with Gasteiger partial charge in [-0.05, 0) is 25.5 Å². The van der Waals surface area contributed by atoms with E-state index in [0.29, 0.717) is 17.3 Å². The van der Waals surface area contributed by atoms with Crippen molar-refractivity contribution in [3.63, 3.8) is 0 Å². The molecule has 2 aromatic carbocycles. The highest BCUT2D eigenvalue weighted by atomic mass is 15.0. The zero-order valence-electron chi connectivity index (χ0n) is 13.5. The fraction of sp³-hybridized carbons (Fsp3) is 0.105. The number of H-pyrrole nitrogens is 1. The lowest BCUT2D eigenvalue weighted by Gasteiger charge is -2.05. The van der Waals surface area contributed by atoms with Gasteiger partial charge >= 0.3 is 0 Å². The smallest absolute Gasteiger partial charge is 0.161 e. The molecule has 4 rings (SSSR count). The number of hydrogen-bond donors (Lipinski definition) is 2. The molecule has 0 atom stereocenters. The van der Waals surface area contributed by atoms with Gasteiger partial charge in [0.15, 0.2) is 11.6 Å². The maximum atomic E-state index is 6.05. The van der Waals surface area contributed by atoms with Crippen molar-refractivity contribution in [1.82, 2.24) is 19.9 Å². The normalized spacial score (nSPS) is 11.1. The average Bonchev–Trinajstić information content (AvgIpc) is 3.02. The molecular formula is C19H17N5. The van der Waals surface area contributed by atoms with Crippen LogP contribution in [0.1, 0.15) is 11.1 Å². The van der Waals surface area contributed by atoms with Crippen molar-refractivity contribution in [2.24, 2.45) is 0 Å².